The van der Waals surface area contributed by atoms with E-state index in [1.807, 2.05) is 77.1 Å². The summed E-state index contributed by atoms with van der Waals surface area (Å²) in [6, 6.07) is 13.4. The molecule has 32 heavy (non-hydrogen) atoms. The fourth-order valence-electron chi connectivity index (χ4n) is 3.99. The van der Waals surface area contributed by atoms with Crippen LogP contribution < -0.4 is 5.56 Å². The number of aromatic nitrogens is 4. The topological polar surface area (TPSA) is 94.7 Å². The highest BCUT2D eigenvalue weighted by Crippen LogP contribution is 2.27. The van der Waals surface area contributed by atoms with Crippen LogP contribution in [0.5, 0.6) is 0 Å². The molecule has 4 rings (SSSR count). The summed E-state index contributed by atoms with van der Waals surface area (Å²) in [5.41, 5.74) is 5.50. The number of carbonyl (C=O) groups excluding carboxylic acids is 1. The third kappa shape index (κ3) is 3.93. The summed E-state index contributed by atoms with van der Waals surface area (Å²) in [6.45, 7) is 9.76. The molecule has 1 aromatic carbocycles. The highest BCUT2D eigenvalue weighted by Gasteiger charge is 2.25. The van der Waals surface area contributed by atoms with Crippen molar-refractivity contribution in [1.29, 1.82) is 0 Å². The second-order valence-corrected chi connectivity index (χ2v) is 8.44. The molecule has 3 aromatic heterocycles. The number of fused-ring (bicyclic) bond motifs is 1. The van der Waals surface area contributed by atoms with Gasteiger partial charge in [-0.25, -0.2) is 4.98 Å². The third-order valence-corrected chi connectivity index (χ3v) is 5.71. The number of benzene rings is 1. The van der Waals surface area contributed by atoms with Crippen LogP contribution in [0.25, 0.3) is 22.3 Å². The first-order valence-corrected chi connectivity index (χ1v) is 10.7. The number of nitrogens with one attached hydrogen (secondary N) is 2. The molecule has 0 atom stereocenters. The van der Waals surface area contributed by atoms with Crippen molar-refractivity contribution >= 4 is 16.9 Å². The first-order valence-electron chi connectivity index (χ1n) is 10.7. The number of pyridine rings is 2. The Balaban J connectivity index is 1.84. The Hall–Kier alpha value is -3.74. The molecule has 3 heterocycles. The lowest BCUT2D eigenvalue weighted by Gasteiger charge is -2.28. The maximum absolute atomic E-state index is 13.9. The Kier molecular flexibility index (Phi) is 5.65. The van der Waals surface area contributed by atoms with Gasteiger partial charge < -0.3 is 9.88 Å². The van der Waals surface area contributed by atoms with E-state index in [0.29, 0.717) is 27.9 Å². The van der Waals surface area contributed by atoms with Crippen LogP contribution >= 0.6 is 0 Å². The van der Waals surface area contributed by atoms with Crippen LogP contribution in [-0.2, 0) is 6.54 Å². The van der Waals surface area contributed by atoms with Gasteiger partial charge in [-0.1, -0.05) is 30.3 Å². The van der Waals surface area contributed by atoms with E-state index in [9.17, 15) is 9.59 Å². The van der Waals surface area contributed by atoms with E-state index in [-0.39, 0.29) is 24.1 Å². The monoisotopic (exact) mass is 429 g/mol. The van der Waals surface area contributed by atoms with Gasteiger partial charge in [-0.05, 0) is 52.3 Å². The minimum atomic E-state index is -0.162. The molecular formula is C25H27N5O2. The molecule has 164 valence electrons. The quantitative estimate of drug-likeness (QED) is 0.495. The fourth-order valence-corrected chi connectivity index (χ4v) is 3.99. The van der Waals surface area contributed by atoms with Gasteiger partial charge in [0.05, 0.1) is 23.2 Å². The van der Waals surface area contributed by atoms with Crippen LogP contribution in [0.2, 0.25) is 0 Å². The average Bonchev–Trinajstić information content (AvgIpc) is 3.13. The molecule has 0 bridgehead atoms. The van der Waals surface area contributed by atoms with Gasteiger partial charge in [0.2, 0.25) is 0 Å². The predicted molar refractivity (Wildman–Crippen MR) is 126 cm³/mol. The molecule has 0 spiro atoms. The maximum atomic E-state index is 13.9. The minimum Gasteiger partial charge on any atom is -0.332 e. The van der Waals surface area contributed by atoms with Crippen LogP contribution in [-0.4, -0.2) is 37.0 Å². The van der Waals surface area contributed by atoms with E-state index in [1.165, 1.54) is 0 Å². The summed E-state index contributed by atoms with van der Waals surface area (Å²) in [4.78, 5) is 35.7. The van der Waals surface area contributed by atoms with E-state index < -0.39 is 0 Å². The van der Waals surface area contributed by atoms with Gasteiger partial charge in [0, 0.05) is 28.6 Å². The average molecular weight is 430 g/mol. The van der Waals surface area contributed by atoms with Gasteiger partial charge in [-0.15, -0.1) is 0 Å². The summed E-state index contributed by atoms with van der Waals surface area (Å²) in [5, 5.41) is 7.97. The number of rotatable bonds is 5. The number of aromatic amines is 2. The van der Waals surface area contributed by atoms with Crippen LogP contribution in [0.15, 0.2) is 47.3 Å². The van der Waals surface area contributed by atoms with Crippen LogP contribution in [0.1, 0.15) is 46.7 Å². The molecule has 0 fully saturated rings. The second-order valence-electron chi connectivity index (χ2n) is 8.44. The second kappa shape index (κ2) is 8.42. The van der Waals surface area contributed by atoms with Crippen molar-refractivity contribution in [2.45, 2.75) is 47.2 Å². The summed E-state index contributed by atoms with van der Waals surface area (Å²) < 4.78 is 0. The molecule has 0 unspecified atom stereocenters. The summed E-state index contributed by atoms with van der Waals surface area (Å²) in [5.74, 6) is -0.159. The normalized spacial score (nSPS) is 11.3. The van der Waals surface area contributed by atoms with Crippen molar-refractivity contribution in [2.24, 2.45) is 0 Å². The molecule has 1 amide bonds. The molecule has 2 N–H and O–H groups in total. The van der Waals surface area contributed by atoms with E-state index in [4.69, 9.17) is 0 Å². The van der Waals surface area contributed by atoms with E-state index in [0.717, 1.165) is 22.5 Å². The van der Waals surface area contributed by atoms with Gasteiger partial charge in [0.1, 0.15) is 0 Å². The third-order valence-electron chi connectivity index (χ3n) is 5.71. The minimum absolute atomic E-state index is 0.113. The lowest BCUT2D eigenvalue weighted by atomic mass is 10.0. The standard InChI is InChI=1S/C25H27N5O2/c1-14(2)30(13-20-15(3)11-16(4)26-24(20)31)25(32)19-12-21(18-9-7-6-8-10-18)27-23-22(19)17(5)28-29-23/h6-12,14H,13H2,1-5H3,(H,26,31)(H,27,28,29). The predicted octanol–water partition coefficient (Wildman–Crippen LogP) is 4.29. The van der Waals surface area contributed by atoms with Gasteiger partial charge in [0.15, 0.2) is 5.65 Å². The lowest BCUT2D eigenvalue weighted by molar-refractivity contribution is 0.0691. The smallest absolute Gasteiger partial charge is 0.255 e. The summed E-state index contributed by atoms with van der Waals surface area (Å²) in [6.07, 6.45) is 0. The number of aryl methyl sites for hydroxylation is 3. The van der Waals surface area contributed by atoms with E-state index >= 15 is 0 Å². The van der Waals surface area contributed by atoms with Gasteiger partial charge in [-0.3, -0.25) is 14.7 Å². The number of hydrogen-bond donors (Lipinski definition) is 2. The van der Waals surface area contributed by atoms with E-state index in [2.05, 4.69) is 20.2 Å². The summed E-state index contributed by atoms with van der Waals surface area (Å²) >= 11 is 0. The number of nitrogens with zero attached hydrogens (tertiary/aromatic N) is 3. The fraction of sp³-hybridized carbons (Fsp3) is 0.280. The molecule has 0 aliphatic rings. The van der Waals surface area contributed by atoms with Crippen molar-refractivity contribution in [3.8, 4) is 11.3 Å². The zero-order valence-corrected chi connectivity index (χ0v) is 19.0. The largest absolute Gasteiger partial charge is 0.332 e. The Morgan fingerprint density at radius 3 is 2.47 bits per heavy atom. The van der Waals surface area contributed by atoms with E-state index in [1.54, 1.807) is 4.90 Å². The highest BCUT2D eigenvalue weighted by atomic mass is 16.2. The Labute approximate surface area is 186 Å². The zero-order valence-electron chi connectivity index (χ0n) is 19.0. The van der Waals surface area contributed by atoms with Crippen LogP contribution in [0, 0.1) is 20.8 Å². The van der Waals surface area contributed by atoms with Gasteiger partial charge in [-0.2, -0.15) is 5.10 Å². The SMILES string of the molecule is Cc1cc(C)c(CN(C(=O)c2cc(-c3ccccc3)nc3n[nH]c(C)c23)C(C)C)c(=O)[nH]1. The van der Waals surface area contributed by atoms with Crippen molar-refractivity contribution < 1.29 is 4.79 Å². The maximum Gasteiger partial charge on any atom is 0.255 e. The zero-order chi connectivity index (χ0) is 23.0. The van der Waals surface area contributed by atoms with Gasteiger partial charge >= 0.3 is 0 Å². The Bertz CT molecular complexity index is 1350. The number of carbonyl (C=O) groups is 1. The molecule has 0 saturated carbocycles. The molecule has 0 radical (unpaired) electrons. The van der Waals surface area contributed by atoms with Gasteiger partial charge in [0.25, 0.3) is 11.5 Å². The summed E-state index contributed by atoms with van der Waals surface area (Å²) in [7, 11) is 0. The number of hydrogen-bond acceptors (Lipinski definition) is 4. The molecule has 0 aliphatic carbocycles. The van der Waals surface area contributed by atoms with Crippen LogP contribution in [0.3, 0.4) is 0 Å². The number of amides is 1. The highest BCUT2D eigenvalue weighted by molar-refractivity contribution is 6.07. The van der Waals surface area contributed by atoms with Crippen molar-refractivity contribution in [2.75, 3.05) is 0 Å². The Morgan fingerprint density at radius 2 is 1.81 bits per heavy atom. The van der Waals surface area contributed by atoms with Crippen molar-refractivity contribution in [3.63, 3.8) is 0 Å². The molecule has 0 aliphatic heterocycles. The Morgan fingerprint density at radius 1 is 1.09 bits per heavy atom. The molecule has 0 saturated heterocycles. The molecule has 4 aromatic rings. The first-order chi connectivity index (χ1) is 15.3. The molecular weight excluding hydrogens is 402 g/mol. The number of H-pyrrole nitrogens is 2. The lowest BCUT2D eigenvalue weighted by Crippen LogP contribution is -2.38. The molecule has 7 heteroatoms. The van der Waals surface area contributed by atoms with Crippen molar-refractivity contribution in [3.05, 3.63) is 80.9 Å². The first kappa shape index (κ1) is 21.5. The van der Waals surface area contributed by atoms with Crippen molar-refractivity contribution in [1.82, 2.24) is 25.1 Å². The molecule has 7 nitrogen and oxygen atoms in total. The van der Waals surface area contributed by atoms with Crippen LogP contribution in [0.4, 0.5) is 0 Å².